The third-order valence-corrected chi connectivity index (χ3v) is 1.63. The second-order valence-electron chi connectivity index (χ2n) is 2.04. The molecule has 1 aliphatic carbocycles. The van der Waals surface area contributed by atoms with Crippen molar-refractivity contribution in [1.29, 1.82) is 10.8 Å². The van der Waals surface area contributed by atoms with Crippen LogP contribution in [0.1, 0.15) is 0 Å². The van der Waals surface area contributed by atoms with Crippen LogP contribution >= 0.6 is 12.6 Å². The van der Waals surface area contributed by atoms with Crippen LogP contribution in [-0.4, -0.2) is 17.2 Å². The maximum absolute atomic E-state index is 7.24. The smallest absolute Gasteiger partial charge is 0.0792 e. The normalized spacial score (nSPS) is 17.5. The van der Waals surface area contributed by atoms with Crippen LogP contribution in [0.15, 0.2) is 23.8 Å². The Kier molecular flexibility index (Phi) is 2.06. The minimum absolute atomic E-state index is 0.269. The van der Waals surface area contributed by atoms with Crippen LogP contribution in [0.4, 0.5) is 0 Å². The van der Waals surface area contributed by atoms with E-state index in [4.69, 9.17) is 10.8 Å². The summed E-state index contributed by atoms with van der Waals surface area (Å²) >= 11 is 4.05. The molecule has 2 N–H and O–H groups in total. The van der Waals surface area contributed by atoms with Gasteiger partial charge in [0.15, 0.2) is 0 Å². The zero-order valence-corrected chi connectivity index (χ0v) is 6.28. The molecule has 0 amide bonds. The van der Waals surface area contributed by atoms with E-state index in [-0.39, 0.29) is 11.4 Å². The molecule has 0 aromatic rings. The van der Waals surface area contributed by atoms with Crippen molar-refractivity contribution in [2.45, 2.75) is 0 Å². The molecule has 0 bridgehead atoms. The van der Waals surface area contributed by atoms with Crippen LogP contribution in [0.25, 0.3) is 0 Å². The van der Waals surface area contributed by atoms with Gasteiger partial charge in [-0.25, -0.2) is 0 Å². The lowest BCUT2D eigenvalue weighted by molar-refractivity contribution is 1.46. The summed E-state index contributed by atoms with van der Waals surface area (Å²) in [5.74, 6) is 0.631. The molecule has 0 saturated heterocycles. The minimum Gasteiger partial charge on any atom is -0.299 e. The molecule has 0 aromatic heterocycles. The summed E-state index contributed by atoms with van der Waals surface area (Å²) in [6.45, 7) is 0. The van der Waals surface area contributed by atoms with E-state index >= 15 is 0 Å². The minimum atomic E-state index is 0.269. The van der Waals surface area contributed by atoms with Gasteiger partial charge < -0.3 is 0 Å². The quantitative estimate of drug-likeness (QED) is 0.376. The average Bonchev–Trinajstić information content (AvgIpc) is 1.95. The second kappa shape index (κ2) is 2.84. The van der Waals surface area contributed by atoms with Crippen LogP contribution in [0.2, 0.25) is 0 Å². The molecular formula is C7H8N2S. The first-order chi connectivity index (χ1) is 4.74. The number of rotatable bonds is 1. The molecule has 0 radical (unpaired) electrons. The summed E-state index contributed by atoms with van der Waals surface area (Å²) in [6, 6.07) is 0. The highest BCUT2D eigenvalue weighted by Crippen LogP contribution is 2.05. The Hall–Kier alpha value is -0.830. The lowest BCUT2D eigenvalue weighted by Gasteiger charge is -2.04. The van der Waals surface area contributed by atoms with Crippen molar-refractivity contribution in [2.75, 3.05) is 5.75 Å². The molecule has 0 saturated carbocycles. The zero-order chi connectivity index (χ0) is 7.56. The fraction of sp³-hybridized carbons (Fsp3) is 0.143. The molecule has 0 spiro atoms. The van der Waals surface area contributed by atoms with Gasteiger partial charge in [0.25, 0.3) is 0 Å². The highest BCUT2D eigenvalue weighted by Gasteiger charge is 2.03. The molecule has 52 valence electrons. The first-order valence-corrected chi connectivity index (χ1v) is 3.54. The van der Waals surface area contributed by atoms with Crippen molar-refractivity contribution >= 4 is 24.1 Å². The van der Waals surface area contributed by atoms with E-state index in [1.165, 1.54) is 0 Å². The van der Waals surface area contributed by atoms with Gasteiger partial charge in [0, 0.05) is 5.75 Å². The standard InChI is InChI=1S/C7H8N2S/c8-6-2-1-5(4-10)3-7(6)9/h1-3,8-10H,4H2. The monoisotopic (exact) mass is 152 g/mol. The predicted octanol–water partition coefficient (Wildman–Crippen LogP) is 1.45. The van der Waals surface area contributed by atoms with Gasteiger partial charge in [0.2, 0.25) is 0 Å². The predicted molar refractivity (Wildman–Crippen MR) is 46.5 cm³/mol. The summed E-state index contributed by atoms with van der Waals surface area (Å²) in [5.41, 5.74) is 1.53. The number of allylic oxidation sites excluding steroid dienone is 3. The van der Waals surface area contributed by atoms with E-state index in [1.807, 2.05) is 6.08 Å². The van der Waals surface area contributed by atoms with Crippen molar-refractivity contribution in [2.24, 2.45) is 0 Å². The SMILES string of the molecule is N=C1C=CC(CS)=CC1=N. The van der Waals surface area contributed by atoms with Crippen molar-refractivity contribution in [3.8, 4) is 0 Å². The lowest BCUT2D eigenvalue weighted by atomic mass is 10.1. The Morgan fingerprint density at radius 3 is 2.40 bits per heavy atom. The molecule has 3 heteroatoms. The molecule has 1 aliphatic rings. The number of thiol groups is 1. The molecule has 0 atom stereocenters. The molecular weight excluding hydrogens is 144 g/mol. The van der Waals surface area contributed by atoms with Gasteiger partial charge in [-0.1, -0.05) is 6.08 Å². The highest BCUT2D eigenvalue weighted by atomic mass is 32.1. The van der Waals surface area contributed by atoms with E-state index < -0.39 is 0 Å². The van der Waals surface area contributed by atoms with Crippen molar-refractivity contribution in [3.05, 3.63) is 23.8 Å². The summed E-state index contributed by atoms with van der Waals surface area (Å²) in [5, 5.41) is 14.4. The van der Waals surface area contributed by atoms with E-state index in [1.54, 1.807) is 12.2 Å². The van der Waals surface area contributed by atoms with Crippen LogP contribution < -0.4 is 0 Å². The zero-order valence-electron chi connectivity index (χ0n) is 5.39. The Balaban J connectivity index is 2.86. The van der Waals surface area contributed by atoms with Crippen LogP contribution in [0.5, 0.6) is 0 Å². The lowest BCUT2D eigenvalue weighted by Crippen LogP contribution is -2.10. The van der Waals surface area contributed by atoms with Gasteiger partial charge >= 0.3 is 0 Å². The highest BCUT2D eigenvalue weighted by molar-refractivity contribution is 7.80. The Bertz CT molecular complexity index is 238. The molecule has 0 aromatic carbocycles. The van der Waals surface area contributed by atoms with Crippen LogP contribution in [0.3, 0.4) is 0 Å². The fourth-order valence-corrected chi connectivity index (χ4v) is 0.886. The summed E-state index contributed by atoms with van der Waals surface area (Å²) < 4.78 is 0. The van der Waals surface area contributed by atoms with Crippen molar-refractivity contribution < 1.29 is 0 Å². The van der Waals surface area contributed by atoms with Crippen LogP contribution in [0, 0.1) is 10.8 Å². The molecule has 0 aliphatic heterocycles. The summed E-state index contributed by atoms with van der Waals surface area (Å²) in [7, 11) is 0. The van der Waals surface area contributed by atoms with Gasteiger partial charge in [0.1, 0.15) is 0 Å². The number of hydrogen-bond acceptors (Lipinski definition) is 3. The van der Waals surface area contributed by atoms with Gasteiger partial charge in [-0.05, 0) is 17.7 Å². The van der Waals surface area contributed by atoms with Crippen LogP contribution in [-0.2, 0) is 0 Å². The van der Waals surface area contributed by atoms with Gasteiger partial charge in [-0.15, -0.1) is 0 Å². The topological polar surface area (TPSA) is 47.7 Å². The Morgan fingerprint density at radius 1 is 1.20 bits per heavy atom. The molecule has 2 nitrogen and oxygen atoms in total. The van der Waals surface area contributed by atoms with E-state index in [0.29, 0.717) is 5.75 Å². The second-order valence-corrected chi connectivity index (χ2v) is 2.35. The first kappa shape index (κ1) is 7.28. The molecule has 10 heavy (non-hydrogen) atoms. The maximum atomic E-state index is 7.24. The average molecular weight is 152 g/mol. The Morgan fingerprint density at radius 2 is 1.90 bits per heavy atom. The number of hydrogen-bond donors (Lipinski definition) is 3. The summed E-state index contributed by atoms with van der Waals surface area (Å²) in [4.78, 5) is 0. The largest absolute Gasteiger partial charge is 0.299 e. The maximum Gasteiger partial charge on any atom is 0.0792 e. The van der Waals surface area contributed by atoms with Crippen molar-refractivity contribution in [1.82, 2.24) is 0 Å². The van der Waals surface area contributed by atoms with Gasteiger partial charge in [-0.2, -0.15) is 12.6 Å². The molecule has 0 heterocycles. The molecule has 0 unspecified atom stereocenters. The fourth-order valence-electron chi connectivity index (χ4n) is 0.690. The first-order valence-electron chi connectivity index (χ1n) is 2.91. The van der Waals surface area contributed by atoms with Gasteiger partial charge in [0.05, 0.1) is 11.4 Å². The molecule has 1 rings (SSSR count). The van der Waals surface area contributed by atoms with Crippen molar-refractivity contribution in [3.63, 3.8) is 0 Å². The van der Waals surface area contributed by atoms with E-state index in [2.05, 4.69) is 12.6 Å². The number of nitrogens with one attached hydrogen (secondary N) is 2. The van der Waals surface area contributed by atoms with E-state index in [9.17, 15) is 0 Å². The Labute approximate surface area is 65.1 Å². The van der Waals surface area contributed by atoms with Gasteiger partial charge in [-0.3, -0.25) is 10.8 Å². The summed E-state index contributed by atoms with van der Waals surface area (Å²) in [6.07, 6.45) is 5.09. The third kappa shape index (κ3) is 1.36. The van der Waals surface area contributed by atoms with E-state index in [0.717, 1.165) is 5.57 Å². The third-order valence-electron chi connectivity index (χ3n) is 1.27. The molecule has 0 fully saturated rings.